The Kier molecular flexibility index (Phi) is 1.92. The molecule has 0 aliphatic rings. The van der Waals surface area contributed by atoms with E-state index in [0.717, 1.165) is 0 Å². The molecule has 0 spiro atoms. The van der Waals surface area contributed by atoms with E-state index in [9.17, 15) is 4.79 Å². The number of hydrogen-bond acceptors (Lipinski definition) is 3. The van der Waals surface area contributed by atoms with Crippen LogP contribution in [-0.4, -0.2) is 25.6 Å². The van der Waals surface area contributed by atoms with Crippen LogP contribution in [0.3, 0.4) is 0 Å². The predicted molar refractivity (Wildman–Crippen MR) is 51.5 cm³/mol. The third kappa shape index (κ3) is 1.33. The van der Waals surface area contributed by atoms with E-state index < -0.39 is 5.97 Å². The van der Waals surface area contributed by atoms with Crippen molar-refractivity contribution in [3.05, 3.63) is 28.5 Å². The van der Waals surface area contributed by atoms with E-state index in [0.29, 0.717) is 4.47 Å². The van der Waals surface area contributed by atoms with E-state index in [4.69, 9.17) is 10.2 Å². The summed E-state index contributed by atoms with van der Waals surface area (Å²) in [5, 5.41) is 18.0. The minimum Gasteiger partial charge on any atom is -0.492 e. The van der Waals surface area contributed by atoms with Crippen LogP contribution >= 0.6 is 15.9 Å². The molecule has 0 aromatic carbocycles. The summed E-state index contributed by atoms with van der Waals surface area (Å²) in [5.74, 6) is -1.28. The Morgan fingerprint density at radius 3 is 2.86 bits per heavy atom. The van der Waals surface area contributed by atoms with Crippen LogP contribution in [-0.2, 0) is 0 Å². The van der Waals surface area contributed by atoms with Crippen LogP contribution in [0.1, 0.15) is 10.4 Å². The predicted octanol–water partition coefficient (Wildman–Crippen LogP) is 1.50. The normalized spacial score (nSPS) is 10.6. The molecule has 2 rings (SSSR count). The first-order valence-corrected chi connectivity index (χ1v) is 4.48. The smallest absolute Gasteiger partial charge is 0.339 e. The first-order valence-electron chi connectivity index (χ1n) is 3.68. The molecule has 6 heteroatoms. The summed E-state index contributed by atoms with van der Waals surface area (Å²) < 4.78 is 2.06. The molecule has 0 saturated heterocycles. The molecule has 0 bridgehead atoms. The number of carboxylic acid groups (broad SMARTS) is 1. The SMILES string of the molecule is O=C(O)c1cc(Br)cn2cc(O)nc12. The fourth-order valence-corrected chi connectivity index (χ4v) is 1.66. The number of fused-ring (bicyclic) bond motifs is 1. The molecule has 5 nitrogen and oxygen atoms in total. The summed E-state index contributed by atoms with van der Waals surface area (Å²) in [4.78, 5) is 14.5. The van der Waals surface area contributed by atoms with Crippen LogP contribution < -0.4 is 0 Å². The second-order valence-corrected chi connectivity index (χ2v) is 3.62. The average molecular weight is 257 g/mol. The van der Waals surface area contributed by atoms with E-state index in [1.807, 2.05) is 0 Å². The number of aromatic nitrogens is 2. The van der Waals surface area contributed by atoms with Crippen molar-refractivity contribution in [2.75, 3.05) is 0 Å². The lowest BCUT2D eigenvalue weighted by molar-refractivity contribution is 0.0698. The maximum atomic E-state index is 10.8. The molecule has 0 aliphatic heterocycles. The van der Waals surface area contributed by atoms with Crippen molar-refractivity contribution < 1.29 is 15.0 Å². The fourth-order valence-electron chi connectivity index (χ4n) is 1.21. The molecule has 0 fully saturated rings. The van der Waals surface area contributed by atoms with Gasteiger partial charge in [0.05, 0.1) is 6.20 Å². The molecule has 14 heavy (non-hydrogen) atoms. The summed E-state index contributed by atoms with van der Waals surface area (Å²) in [7, 11) is 0. The summed E-state index contributed by atoms with van der Waals surface area (Å²) >= 11 is 3.17. The van der Waals surface area contributed by atoms with Gasteiger partial charge >= 0.3 is 5.97 Å². The Morgan fingerprint density at radius 2 is 2.21 bits per heavy atom. The van der Waals surface area contributed by atoms with E-state index in [-0.39, 0.29) is 17.1 Å². The Bertz CT molecular complexity index is 521. The number of imidazole rings is 1. The molecule has 0 atom stereocenters. The molecule has 0 radical (unpaired) electrons. The van der Waals surface area contributed by atoms with Gasteiger partial charge in [-0.1, -0.05) is 0 Å². The number of aromatic hydroxyl groups is 1. The lowest BCUT2D eigenvalue weighted by atomic mass is 10.3. The zero-order valence-electron chi connectivity index (χ0n) is 6.81. The number of rotatable bonds is 1. The maximum Gasteiger partial charge on any atom is 0.339 e. The number of aromatic carboxylic acids is 1. The highest BCUT2D eigenvalue weighted by Crippen LogP contribution is 2.19. The molecule has 2 heterocycles. The first-order chi connectivity index (χ1) is 6.58. The van der Waals surface area contributed by atoms with Crippen LogP contribution in [0.25, 0.3) is 5.65 Å². The minimum absolute atomic E-state index is 0.0414. The summed E-state index contributed by atoms with van der Waals surface area (Å²) in [6.45, 7) is 0. The Morgan fingerprint density at radius 1 is 1.50 bits per heavy atom. The zero-order valence-corrected chi connectivity index (χ0v) is 8.39. The summed E-state index contributed by atoms with van der Waals surface area (Å²) in [6.07, 6.45) is 2.96. The third-order valence-electron chi connectivity index (χ3n) is 1.74. The largest absolute Gasteiger partial charge is 0.492 e. The topological polar surface area (TPSA) is 74.8 Å². The van der Waals surface area contributed by atoms with Crippen molar-refractivity contribution in [3.8, 4) is 5.88 Å². The molecule has 72 valence electrons. The quantitative estimate of drug-likeness (QED) is 0.811. The van der Waals surface area contributed by atoms with E-state index in [1.54, 1.807) is 6.20 Å². The second kappa shape index (κ2) is 2.98. The van der Waals surface area contributed by atoms with E-state index in [2.05, 4.69) is 20.9 Å². The number of hydrogen-bond donors (Lipinski definition) is 2. The third-order valence-corrected chi connectivity index (χ3v) is 2.17. The molecule has 0 saturated carbocycles. The second-order valence-electron chi connectivity index (χ2n) is 2.71. The minimum atomic E-state index is -1.08. The molecule has 0 amide bonds. The monoisotopic (exact) mass is 256 g/mol. The number of carbonyl (C=O) groups is 1. The van der Waals surface area contributed by atoms with Gasteiger partial charge in [-0.25, -0.2) is 4.79 Å². The van der Waals surface area contributed by atoms with Gasteiger partial charge in [-0.3, -0.25) is 0 Å². The summed E-state index contributed by atoms with van der Waals surface area (Å²) in [6, 6.07) is 1.43. The average Bonchev–Trinajstić information content (AvgIpc) is 2.42. The molecule has 2 aromatic heterocycles. The van der Waals surface area contributed by atoms with Crippen molar-refractivity contribution >= 4 is 27.5 Å². The van der Waals surface area contributed by atoms with Gasteiger partial charge in [-0.05, 0) is 22.0 Å². The van der Waals surface area contributed by atoms with Crippen molar-refractivity contribution in [2.24, 2.45) is 0 Å². The van der Waals surface area contributed by atoms with E-state index in [1.165, 1.54) is 16.7 Å². The zero-order chi connectivity index (χ0) is 10.3. The van der Waals surface area contributed by atoms with Crippen LogP contribution in [0.5, 0.6) is 5.88 Å². The molecular weight excluding hydrogens is 252 g/mol. The van der Waals surface area contributed by atoms with Gasteiger partial charge in [0.15, 0.2) is 5.65 Å². The van der Waals surface area contributed by atoms with Crippen LogP contribution in [0, 0.1) is 0 Å². The maximum absolute atomic E-state index is 10.8. The number of nitrogens with zero attached hydrogens (tertiary/aromatic N) is 2. The van der Waals surface area contributed by atoms with E-state index >= 15 is 0 Å². The first kappa shape index (κ1) is 9.01. The lowest BCUT2D eigenvalue weighted by Crippen LogP contribution is -2.00. The number of halogens is 1. The Balaban J connectivity index is 2.85. The van der Waals surface area contributed by atoms with Gasteiger partial charge in [-0.2, -0.15) is 4.98 Å². The van der Waals surface area contributed by atoms with Gasteiger partial charge in [0.25, 0.3) is 0 Å². The number of pyridine rings is 1. The molecule has 2 N–H and O–H groups in total. The van der Waals surface area contributed by atoms with Gasteiger partial charge in [-0.15, -0.1) is 0 Å². The van der Waals surface area contributed by atoms with Crippen molar-refractivity contribution in [3.63, 3.8) is 0 Å². The highest BCUT2D eigenvalue weighted by atomic mass is 79.9. The molecular formula is C8H5BrN2O3. The van der Waals surface area contributed by atoms with Gasteiger partial charge in [0, 0.05) is 10.7 Å². The highest BCUT2D eigenvalue weighted by Gasteiger charge is 2.12. The Hall–Kier alpha value is -1.56. The molecule has 0 aliphatic carbocycles. The molecule has 2 aromatic rings. The van der Waals surface area contributed by atoms with Crippen molar-refractivity contribution in [1.82, 2.24) is 9.38 Å². The van der Waals surface area contributed by atoms with Crippen LogP contribution in [0.4, 0.5) is 0 Å². The van der Waals surface area contributed by atoms with Crippen LogP contribution in [0.2, 0.25) is 0 Å². The Labute approximate surface area is 86.8 Å². The highest BCUT2D eigenvalue weighted by molar-refractivity contribution is 9.10. The van der Waals surface area contributed by atoms with Gasteiger partial charge in [0.2, 0.25) is 5.88 Å². The van der Waals surface area contributed by atoms with Gasteiger partial charge < -0.3 is 14.6 Å². The molecule has 0 unspecified atom stereocenters. The fraction of sp³-hybridized carbons (Fsp3) is 0. The van der Waals surface area contributed by atoms with Gasteiger partial charge in [0.1, 0.15) is 5.56 Å². The van der Waals surface area contributed by atoms with Crippen molar-refractivity contribution in [1.29, 1.82) is 0 Å². The number of carboxylic acids is 1. The van der Waals surface area contributed by atoms with Crippen LogP contribution in [0.15, 0.2) is 22.9 Å². The summed E-state index contributed by atoms with van der Waals surface area (Å²) in [5.41, 5.74) is 0.262. The van der Waals surface area contributed by atoms with Crippen molar-refractivity contribution in [2.45, 2.75) is 0 Å². The lowest BCUT2D eigenvalue weighted by Gasteiger charge is -1.98. The standard InChI is InChI=1S/C8H5BrN2O3/c9-4-1-5(8(13)14)7-10-6(12)3-11(7)2-4/h1-3,12H,(H,13,14).